The topological polar surface area (TPSA) is 85.7 Å². The largest absolute Gasteiger partial charge is 0.444 e. The van der Waals surface area contributed by atoms with Crippen molar-refractivity contribution in [3.05, 3.63) is 53.3 Å². The highest BCUT2D eigenvalue weighted by atomic mass is 16.6. The number of nitrogens with one attached hydrogen (secondary N) is 1. The van der Waals surface area contributed by atoms with Crippen LogP contribution in [0.3, 0.4) is 0 Å². The number of aromatic nitrogens is 2. The summed E-state index contributed by atoms with van der Waals surface area (Å²) < 4.78 is 13.3. The van der Waals surface area contributed by atoms with Crippen LogP contribution in [0.25, 0.3) is 0 Å². The van der Waals surface area contributed by atoms with Gasteiger partial charge in [0.2, 0.25) is 0 Å². The number of rotatable bonds is 7. The highest BCUT2D eigenvalue weighted by Crippen LogP contribution is 2.36. The first kappa shape index (κ1) is 22.8. The molecule has 1 saturated carbocycles. The Kier molecular flexibility index (Phi) is 7.00. The van der Waals surface area contributed by atoms with Crippen LogP contribution in [-0.2, 0) is 22.6 Å². The number of carbonyl (C=O) groups excluding carboxylic acids is 2. The molecule has 1 aliphatic rings. The zero-order valence-electron chi connectivity index (χ0n) is 18.9. The molecule has 1 fully saturated rings. The number of alkyl carbamates (subject to hydrolysis) is 1. The van der Waals surface area contributed by atoms with E-state index in [1.807, 2.05) is 55.8 Å². The van der Waals surface area contributed by atoms with Crippen molar-refractivity contribution in [1.82, 2.24) is 20.0 Å². The van der Waals surface area contributed by atoms with Crippen molar-refractivity contribution >= 4 is 12.0 Å². The lowest BCUT2D eigenvalue weighted by molar-refractivity contribution is -0.0539. The van der Waals surface area contributed by atoms with Crippen molar-refractivity contribution in [1.29, 1.82) is 0 Å². The molecule has 2 amide bonds. The first-order chi connectivity index (χ1) is 14.6. The Labute approximate surface area is 183 Å². The second-order valence-corrected chi connectivity index (χ2v) is 9.00. The Bertz CT molecular complexity index is 902. The van der Waals surface area contributed by atoms with Gasteiger partial charge in [-0.1, -0.05) is 30.3 Å². The van der Waals surface area contributed by atoms with Crippen LogP contribution in [0.5, 0.6) is 0 Å². The third-order valence-corrected chi connectivity index (χ3v) is 5.05. The van der Waals surface area contributed by atoms with Crippen molar-refractivity contribution in [2.75, 3.05) is 14.1 Å². The molecule has 1 heterocycles. The molecule has 168 valence electrons. The predicted octanol–water partition coefficient (Wildman–Crippen LogP) is 3.53. The van der Waals surface area contributed by atoms with Gasteiger partial charge in [-0.25, -0.2) is 4.79 Å². The number of nitrogens with zero attached hydrogens (tertiary/aromatic N) is 3. The first-order valence-corrected chi connectivity index (χ1v) is 10.6. The number of hydrogen-bond acceptors (Lipinski definition) is 5. The smallest absolute Gasteiger partial charge is 0.407 e. The molecule has 0 aliphatic heterocycles. The van der Waals surface area contributed by atoms with E-state index in [4.69, 9.17) is 9.47 Å². The van der Waals surface area contributed by atoms with E-state index < -0.39 is 11.7 Å². The summed E-state index contributed by atoms with van der Waals surface area (Å²) in [6.07, 6.45) is 1.32. The Balaban J connectivity index is 1.72. The zero-order valence-corrected chi connectivity index (χ0v) is 18.9. The third kappa shape index (κ3) is 6.07. The second-order valence-electron chi connectivity index (χ2n) is 9.00. The van der Waals surface area contributed by atoms with Crippen LogP contribution in [-0.4, -0.2) is 52.5 Å². The monoisotopic (exact) mass is 428 g/mol. The Morgan fingerprint density at radius 2 is 1.90 bits per heavy atom. The normalized spacial score (nSPS) is 18.2. The summed E-state index contributed by atoms with van der Waals surface area (Å²) in [6.45, 7) is 6.18. The summed E-state index contributed by atoms with van der Waals surface area (Å²) in [4.78, 5) is 26.1. The lowest BCUT2D eigenvalue weighted by atomic mass is 9.89. The standard InChI is InChI=1S/C23H32N4O4/c1-23(2,3)31-22(29)24-14-17-13-18(21(28)26(4)5)25-27(17)19-11-12-20(19)30-15-16-9-7-6-8-10-16/h6-10,13,19-20H,11-12,14-15H2,1-5H3,(H,24,29)/t19-,20+/m1/s1. The van der Waals surface area contributed by atoms with E-state index in [1.54, 1.807) is 20.2 Å². The molecule has 8 nitrogen and oxygen atoms in total. The Morgan fingerprint density at radius 3 is 2.48 bits per heavy atom. The summed E-state index contributed by atoms with van der Waals surface area (Å²) in [5.41, 5.74) is 1.62. The maximum Gasteiger partial charge on any atom is 0.407 e. The lowest BCUT2D eigenvalue weighted by Crippen LogP contribution is -2.39. The molecule has 0 spiro atoms. The third-order valence-electron chi connectivity index (χ3n) is 5.05. The first-order valence-electron chi connectivity index (χ1n) is 10.6. The number of ether oxygens (including phenoxy) is 2. The van der Waals surface area contributed by atoms with Crippen molar-refractivity contribution in [3.63, 3.8) is 0 Å². The lowest BCUT2D eigenvalue weighted by Gasteiger charge is -2.37. The number of benzene rings is 1. The molecule has 1 aliphatic carbocycles. The van der Waals surface area contributed by atoms with Crippen LogP contribution in [0, 0.1) is 0 Å². The van der Waals surface area contributed by atoms with Crippen molar-refractivity contribution < 1.29 is 19.1 Å². The van der Waals surface area contributed by atoms with Gasteiger partial charge in [0, 0.05) is 14.1 Å². The fourth-order valence-electron chi connectivity index (χ4n) is 3.37. The van der Waals surface area contributed by atoms with E-state index in [9.17, 15) is 9.59 Å². The average Bonchev–Trinajstić information content (AvgIpc) is 3.07. The summed E-state index contributed by atoms with van der Waals surface area (Å²) in [5, 5.41) is 7.33. The molecule has 0 radical (unpaired) electrons. The summed E-state index contributed by atoms with van der Waals surface area (Å²) >= 11 is 0. The molecule has 0 bridgehead atoms. The molecular formula is C23H32N4O4. The van der Waals surface area contributed by atoms with E-state index in [0.29, 0.717) is 12.3 Å². The maximum atomic E-state index is 12.5. The zero-order chi connectivity index (χ0) is 22.6. The molecule has 3 rings (SSSR count). The van der Waals surface area contributed by atoms with Crippen molar-refractivity contribution in [3.8, 4) is 0 Å². The van der Waals surface area contributed by atoms with E-state index in [2.05, 4.69) is 10.4 Å². The van der Waals surface area contributed by atoms with Crippen LogP contribution in [0.1, 0.15) is 61.4 Å². The fraction of sp³-hybridized carbons (Fsp3) is 0.522. The Morgan fingerprint density at radius 1 is 1.19 bits per heavy atom. The molecule has 0 unspecified atom stereocenters. The summed E-state index contributed by atoms with van der Waals surface area (Å²) in [7, 11) is 3.38. The molecule has 2 aromatic rings. The van der Waals surface area contributed by atoms with Gasteiger partial charge in [-0.05, 0) is 45.2 Å². The Hall–Kier alpha value is -2.87. The molecular weight excluding hydrogens is 396 g/mol. The number of amides is 2. The highest BCUT2D eigenvalue weighted by Gasteiger charge is 2.36. The number of hydrogen-bond donors (Lipinski definition) is 1. The minimum atomic E-state index is -0.583. The van der Waals surface area contributed by atoms with Crippen molar-refractivity contribution in [2.24, 2.45) is 0 Å². The SMILES string of the molecule is CN(C)C(=O)c1cc(CNC(=O)OC(C)(C)C)n([C@@H]2CC[C@@H]2OCc2ccccc2)n1. The van der Waals surface area contributed by atoms with E-state index >= 15 is 0 Å². The predicted molar refractivity (Wildman–Crippen MR) is 117 cm³/mol. The van der Waals surface area contributed by atoms with Gasteiger partial charge in [0.15, 0.2) is 5.69 Å². The molecule has 1 aromatic heterocycles. The summed E-state index contributed by atoms with van der Waals surface area (Å²) in [6, 6.07) is 11.8. The minimum absolute atomic E-state index is 0.00249. The van der Waals surface area contributed by atoms with Gasteiger partial charge in [0.25, 0.3) is 5.91 Å². The van der Waals surface area contributed by atoms with Gasteiger partial charge in [0.1, 0.15) is 5.60 Å². The maximum absolute atomic E-state index is 12.5. The molecule has 2 atom stereocenters. The average molecular weight is 429 g/mol. The minimum Gasteiger partial charge on any atom is -0.444 e. The summed E-state index contributed by atoms with van der Waals surface area (Å²) in [5.74, 6) is -0.182. The highest BCUT2D eigenvalue weighted by molar-refractivity contribution is 5.92. The molecule has 1 aromatic carbocycles. The fourth-order valence-corrected chi connectivity index (χ4v) is 3.37. The number of carbonyl (C=O) groups is 2. The van der Waals surface area contributed by atoms with Gasteiger partial charge in [0.05, 0.1) is 31.0 Å². The quantitative estimate of drug-likeness (QED) is 0.729. The van der Waals surface area contributed by atoms with Crippen LogP contribution in [0.4, 0.5) is 4.79 Å². The van der Waals surface area contributed by atoms with Gasteiger partial charge in [-0.15, -0.1) is 0 Å². The molecule has 31 heavy (non-hydrogen) atoms. The van der Waals surface area contributed by atoms with Gasteiger partial charge in [-0.3, -0.25) is 9.48 Å². The van der Waals surface area contributed by atoms with Crippen LogP contribution >= 0.6 is 0 Å². The van der Waals surface area contributed by atoms with Gasteiger partial charge >= 0.3 is 6.09 Å². The van der Waals surface area contributed by atoms with E-state index in [0.717, 1.165) is 24.1 Å². The second kappa shape index (κ2) is 9.51. The van der Waals surface area contributed by atoms with Gasteiger partial charge < -0.3 is 19.7 Å². The molecule has 8 heteroatoms. The molecule has 1 N–H and O–H groups in total. The van der Waals surface area contributed by atoms with E-state index in [-0.39, 0.29) is 24.6 Å². The van der Waals surface area contributed by atoms with Gasteiger partial charge in [-0.2, -0.15) is 5.10 Å². The molecule has 0 saturated heterocycles. The van der Waals surface area contributed by atoms with Crippen LogP contribution < -0.4 is 5.32 Å². The van der Waals surface area contributed by atoms with Crippen LogP contribution in [0.2, 0.25) is 0 Å². The van der Waals surface area contributed by atoms with E-state index in [1.165, 1.54) is 4.90 Å². The van der Waals surface area contributed by atoms with Crippen molar-refractivity contribution in [2.45, 2.75) is 64.5 Å². The van der Waals surface area contributed by atoms with Crippen LogP contribution in [0.15, 0.2) is 36.4 Å².